The van der Waals surface area contributed by atoms with Crippen LogP contribution in [0.1, 0.15) is 25.3 Å². The molecular weight excluding hydrogens is 324 g/mol. The number of hydrogen-bond acceptors (Lipinski definition) is 4. The molecule has 0 atom stereocenters. The highest BCUT2D eigenvalue weighted by molar-refractivity contribution is 7.91. The van der Waals surface area contributed by atoms with Gasteiger partial charge in [-0.1, -0.05) is 17.7 Å². The zero-order valence-corrected chi connectivity index (χ0v) is 14.4. The van der Waals surface area contributed by atoms with Gasteiger partial charge in [-0.25, -0.2) is 13.4 Å². The van der Waals surface area contributed by atoms with Gasteiger partial charge >= 0.3 is 0 Å². The topological polar surface area (TPSA) is 66.8 Å². The van der Waals surface area contributed by atoms with Crippen LogP contribution in [0.4, 0.5) is 5.69 Å². The Morgan fingerprint density at radius 2 is 1.42 bits per heavy atom. The predicted molar refractivity (Wildman–Crippen MR) is 92.9 cm³/mol. The SMILES string of the molecule is CC1=NN(c2ccc(S(=O)(=O)c3ccc(C)cc3)cc2)C(=O)CC1. The van der Waals surface area contributed by atoms with Crippen molar-refractivity contribution in [2.45, 2.75) is 36.5 Å². The van der Waals surface area contributed by atoms with E-state index >= 15 is 0 Å². The molecule has 0 bridgehead atoms. The van der Waals surface area contributed by atoms with E-state index in [9.17, 15) is 13.2 Å². The van der Waals surface area contributed by atoms with E-state index in [2.05, 4.69) is 5.10 Å². The van der Waals surface area contributed by atoms with Crippen molar-refractivity contribution >= 4 is 27.1 Å². The van der Waals surface area contributed by atoms with Crippen LogP contribution in [-0.2, 0) is 14.6 Å². The molecule has 2 aromatic rings. The zero-order valence-electron chi connectivity index (χ0n) is 13.6. The van der Waals surface area contributed by atoms with E-state index in [0.717, 1.165) is 11.3 Å². The first-order chi connectivity index (χ1) is 11.4. The summed E-state index contributed by atoms with van der Waals surface area (Å²) in [6.07, 6.45) is 1.08. The maximum absolute atomic E-state index is 12.6. The molecule has 24 heavy (non-hydrogen) atoms. The Labute approximate surface area is 141 Å². The second kappa shape index (κ2) is 6.20. The van der Waals surface area contributed by atoms with Crippen molar-refractivity contribution in [3.05, 3.63) is 54.1 Å². The molecule has 0 N–H and O–H groups in total. The molecule has 0 spiro atoms. The van der Waals surface area contributed by atoms with Crippen molar-refractivity contribution in [2.75, 3.05) is 5.01 Å². The lowest BCUT2D eigenvalue weighted by Gasteiger charge is -2.22. The summed E-state index contributed by atoms with van der Waals surface area (Å²) in [4.78, 5) is 12.4. The van der Waals surface area contributed by atoms with E-state index in [1.165, 1.54) is 17.1 Å². The second-order valence-electron chi connectivity index (χ2n) is 5.85. The molecule has 0 radical (unpaired) electrons. The zero-order chi connectivity index (χ0) is 17.3. The number of amides is 1. The van der Waals surface area contributed by atoms with Gasteiger partial charge in [0, 0.05) is 12.1 Å². The molecule has 1 aliphatic rings. The summed E-state index contributed by atoms with van der Waals surface area (Å²) in [6, 6.07) is 13.0. The third kappa shape index (κ3) is 3.10. The summed E-state index contributed by atoms with van der Waals surface area (Å²) < 4.78 is 25.3. The van der Waals surface area contributed by atoms with Crippen LogP contribution in [0.2, 0.25) is 0 Å². The molecule has 1 aliphatic heterocycles. The van der Waals surface area contributed by atoms with Crippen molar-refractivity contribution < 1.29 is 13.2 Å². The Bertz CT molecular complexity index is 898. The minimum atomic E-state index is -3.57. The van der Waals surface area contributed by atoms with E-state index in [4.69, 9.17) is 0 Å². The number of anilines is 1. The Morgan fingerprint density at radius 1 is 0.875 bits per heavy atom. The lowest BCUT2D eigenvalue weighted by atomic mass is 10.2. The first kappa shape index (κ1) is 16.4. The van der Waals surface area contributed by atoms with Crippen molar-refractivity contribution in [3.8, 4) is 0 Å². The number of carbonyl (C=O) groups is 1. The Kier molecular flexibility index (Phi) is 4.24. The number of hydrazone groups is 1. The van der Waals surface area contributed by atoms with Gasteiger partial charge in [0.25, 0.3) is 0 Å². The normalized spacial score (nSPS) is 15.3. The van der Waals surface area contributed by atoms with Gasteiger partial charge in [0.1, 0.15) is 0 Å². The summed E-state index contributed by atoms with van der Waals surface area (Å²) in [5.74, 6) is -0.0882. The van der Waals surface area contributed by atoms with Gasteiger partial charge in [-0.15, -0.1) is 0 Å². The van der Waals surface area contributed by atoms with Crippen LogP contribution < -0.4 is 5.01 Å². The van der Waals surface area contributed by atoms with Crippen molar-refractivity contribution in [3.63, 3.8) is 0 Å². The number of nitrogens with zero attached hydrogens (tertiary/aromatic N) is 2. The van der Waals surface area contributed by atoms with Crippen molar-refractivity contribution in [1.29, 1.82) is 0 Å². The highest BCUT2D eigenvalue weighted by Gasteiger charge is 2.22. The third-order valence-electron chi connectivity index (χ3n) is 3.93. The fourth-order valence-corrected chi connectivity index (χ4v) is 3.75. The minimum absolute atomic E-state index is 0.0882. The number of rotatable bonds is 3. The molecule has 0 saturated carbocycles. The largest absolute Gasteiger partial charge is 0.273 e. The maximum atomic E-state index is 12.6. The standard InChI is InChI=1S/C18H18N2O3S/c1-13-3-8-16(9-4-13)24(22,23)17-10-6-15(7-11-17)20-18(21)12-5-14(2)19-20/h3-4,6-11H,5,12H2,1-2H3. The van der Waals surface area contributed by atoms with Gasteiger partial charge in [-0.3, -0.25) is 4.79 Å². The second-order valence-corrected chi connectivity index (χ2v) is 7.80. The minimum Gasteiger partial charge on any atom is -0.273 e. The third-order valence-corrected chi connectivity index (χ3v) is 5.72. The fourth-order valence-electron chi connectivity index (χ4n) is 2.49. The summed E-state index contributed by atoms with van der Waals surface area (Å²) in [5, 5.41) is 5.58. The quantitative estimate of drug-likeness (QED) is 0.859. The first-order valence-electron chi connectivity index (χ1n) is 7.67. The van der Waals surface area contributed by atoms with Gasteiger partial charge in [0.05, 0.1) is 15.5 Å². The Balaban J connectivity index is 1.93. The molecular formula is C18H18N2O3S. The molecule has 0 fully saturated rings. The molecule has 124 valence electrons. The average Bonchev–Trinajstić information content (AvgIpc) is 2.57. The molecule has 5 nitrogen and oxygen atoms in total. The van der Waals surface area contributed by atoms with E-state index in [-0.39, 0.29) is 15.7 Å². The van der Waals surface area contributed by atoms with Gasteiger partial charge < -0.3 is 0 Å². The van der Waals surface area contributed by atoms with E-state index < -0.39 is 9.84 Å². The lowest BCUT2D eigenvalue weighted by molar-refractivity contribution is -0.118. The molecule has 1 amide bonds. The van der Waals surface area contributed by atoms with E-state index in [1.54, 1.807) is 36.4 Å². The monoisotopic (exact) mass is 342 g/mol. The highest BCUT2D eigenvalue weighted by atomic mass is 32.2. The lowest BCUT2D eigenvalue weighted by Crippen LogP contribution is -2.30. The van der Waals surface area contributed by atoms with Gasteiger partial charge in [-0.2, -0.15) is 5.10 Å². The van der Waals surface area contributed by atoms with Gasteiger partial charge in [0.2, 0.25) is 15.7 Å². The van der Waals surface area contributed by atoms with E-state index in [0.29, 0.717) is 18.5 Å². The van der Waals surface area contributed by atoms with Crippen LogP contribution in [0.5, 0.6) is 0 Å². The van der Waals surface area contributed by atoms with Crippen molar-refractivity contribution in [1.82, 2.24) is 0 Å². The van der Waals surface area contributed by atoms with Gasteiger partial charge in [0.15, 0.2) is 0 Å². The number of benzene rings is 2. The van der Waals surface area contributed by atoms with Crippen LogP contribution in [0, 0.1) is 6.92 Å². The molecule has 0 saturated heterocycles. The molecule has 0 unspecified atom stereocenters. The molecule has 6 heteroatoms. The number of sulfone groups is 1. The summed E-state index contributed by atoms with van der Waals surface area (Å²) in [5.41, 5.74) is 2.45. The molecule has 0 aromatic heterocycles. The Hall–Kier alpha value is -2.47. The van der Waals surface area contributed by atoms with Crippen LogP contribution in [0.25, 0.3) is 0 Å². The summed E-state index contributed by atoms with van der Waals surface area (Å²) >= 11 is 0. The number of aryl methyl sites for hydroxylation is 1. The maximum Gasteiger partial charge on any atom is 0.247 e. The van der Waals surface area contributed by atoms with Crippen molar-refractivity contribution in [2.24, 2.45) is 5.10 Å². The van der Waals surface area contributed by atoms with Gasteiger partial charge in [-0.05, 0) is 56.7 Å². The Morgan fingerprint density at radius 3 is 2.00 bits per heavy atom. The molecule has 2 aromatic carbocycles. The predicted octanol–water partition coefficient (Wildman–Crippen LogP) is 3.33. The van der Waals surface area contributed by atoms with Crippen LogP contribution in [-0.4, -0.2) is 20.0 Å². The van der Waals surface area contributed by atoms with Crippen LogP contribution >= 0.6 is 0 Å². The van der Waals surface area contributed by atoms with Crippen LogP contribution in [0.3, 0.4) is 0 Å². The molecule has 0 aliphatic carbocycles. The smallest absolute Gasteiger partial charge is 0.247 e. The highest BCUT2D eigenvalue weighted by Crippen LogP contribution is 2.25. The average molecular weight is 342 g/mol. The summed E-state index contributed by atoms with van der Waals surface area (Å²) in [6.45, 7) is 3.78. The molecule has 3 rings (SSSR count). The summed E-state index contributed by atoms with van der Waals surface area (Å²) in [7, 11) is -3.57. The number of carbonyl (C=O) groups excluding carboxylic acids is 1. The van der Waals surface area contributed by atoms with Crippen LogP contribution in [0.15, 0.2) is 63.4 Å². The fraction of sp³-hybridized carbons (Fsp3) is 0.222. The van der Waals surface area contributed by atoms with E-state index in [1.807, 2.05) is 13.8 Å². The number of hydrogen-bond donors (Lipinski definition) is 0. The first-order valence-corrected chi connectivity index (χ1v) is 9.15. The molecule has 1 heterocycles.